The van der Waals surface area contributed by atoms with E-state index < -0.39 is 9.85 Å². The maximum atomic E-state index is 11.2. The van der Waals surface area contributed by atoms with Crippen LogP contribution in [0.3, 0.4) is 0 Å². The van der Waals surface area contributed by atoms with E-state index in [9.17, 15) is 20.2 Å². The van der Waals surface area contributed by atoms with Crippen LogP contribution in [0.2, 0.25) is 0 Å². The van der Waals surface area contributed by atoms with Crippen molar-refractivity contribution in [2.45, 2.75) is 13.8 Å². The first-order valence-corrected chi connectivity index (χ1v) is 10.7. The number of aryl methyl sites for hydroxylation is 2. The van der Waals surface area contributed by atoms with Gasteiger partial charge in [-0.15, -0.1) is 0 Å². The summed E-state index contributed by atoms with van der Waals surface area (Å²) in [5.41, 5.74) is 1.84. The molecule has 2 heterocycles. The van der Waals surface area contributed by atoms with Crippen molar-refractivity contribution in [3.05, 3.63) is 75.3 Å². The van der Waals surface area contributed by atoms with Gasteiger partial charge in [-0.25, -0.2) is 9.98 Å². The number of rotatable bonds is 2. The summed E-state index contributed by atoms with van der Waals surface area (Å²) in [4.78, 5) is 30.8. The fourth-order valence-electron chi connectivity index (χ4n) is 3.56. The van der Waals surface area contributed by atoms with Gasteiger partial charge in [-0.1, -0.05) is 0 Å². The number of ether oxygens (including phenoxy) is 2. The second-order valence-corrected chi connectivity index (χ2v) is 8.73. The van der Waals surface area contributed by atoms with Gasteiger partial charge >= 0.3 is 0 Å². The van der Waals surface area contributed by atoms with E-state index in [1.54, 1.807) is 13.8 Å². The Bertz CT molecular complexity index is 1420. The van der Waals surface area contributed by atoms with Gasteiger partial charge in [-0.05, 0) is 56.8 Å². The predicted octanol–water partition coefficient (Wildman–Crippen LogP) is 5.76. The highest BCUT2D eigenvalue weighted by atomic mass is 79.9. The minimum Gasteiger partial charge on any atom is -0.451 e. The molecule has 0 N–H and O–H groups in total. The van der Waals surface area contributed by atoms with Gasteiger partial charge in [0.15, 0.2) is 23.0 Å². The first-order valence-electron chi connectivity index (χ1n) is 9.08. The quantitative estimate of drug-likeness (QED) is 0.199. The number of nitro benzene ring substituents is 2. The molecule has 10 nitrogen and oxygen atoms in total. The van der Waals surface area contributed by atoms with Gasteiger partial charge in [0, 0.05) is 12.1 Å². The molecule has 0 radical (unpaired) electrons. The number of nitro groups is 2. The molecular weight excluding hydrogens is 552 g/mol. The third kappa shape index (κ3) is 2.98. The second-order valence-electron chi connectivity index (χ2n) is 7.14. The zero-order valence-corrected chi connectivity index (χ0v) is 19.5. The van der Waals surface area contributed by atoms with Crippen molar-refractivity contribution in [2.75, 3.05) is 0 Å². The molecular formula is C20H10Br2N4O6. The van der Waals surface area contributed by atoms with Gasteiger partial charge in [-0.3, -0.25) is 20.2 Å². The molecule has 0 aromatic heterocycles. The van der Waals surface area contributed by atoms with Crippen LogP contribution in [-0.2, 0) is 0 Å². The maximum absolute atomic E-state index is 11.2. The van der Waals surface area contributed by atoms with E-state index in [1.165, 1.54) is 24.3 Å². The molecule has 5 rings (SSSR count). The van der Waals surface area contributed by atoms with Crippen LogP contribution in [0, 0.1) is 34.1 Å². The highest BCUT2D eigenvalue weighted by molar-refractivity contribution is 9.11. The molecule has 0 spiro atoms. The van der Waals surface area contributed by atoms with Crippen molar-refractivity contribution < 1.29 is 19.3 Å². The Balaban J connectivity index is 1.78. The fourth-order valence-corrected chi connectivity index (χ4v) is 4.64. The highest BCUT2D eigenvalue weighted by Crippen LogP contribution is 2.46. The standard InChI is InChI=1S/C20H10Br2N4O6/c1-7-3-9(25(27)28)5-11-15(7)23-17-13(21)20-18(14(22)19(17)31-11)24-16-8(2)4-10(26(29)30)6-12(16)32-20/h3-6H,1-2H3. The van der Waals surface area contributed by atoms with E-state index in [4.69, 9.17) is 9.47 Å². The lowest BCUT2D eigenvalue weighted by Crippen LogP contribution is -2.23. The zero-order valence-electron chi connectivity index (χ0n) is 16.3. The van der Waals surface area contributed by atoms with Gasteiger partial charge in [-0.2, -0.15) is 0 Å². The van der Waals surface area contributed by atoms with E-state index >= 15 is 0 Å². The second kappa shape index (κ2) is 7.07. The molecule has 2 aliphatic rings. The summed E-state index contributed by atoms with van der Waals surface area (Å²) in [6.07, 6.45) is 0. The van der Waals surface area contributed by atoms with Crippen molar-refractivity contribution >= 4 is 54.6 Å². The molecule has 0 amide bonds. The molecule has 0 saturated heterocycles. The minimum absolute atomic E-state index is 0.104. The smallest absolute Gasteiger partial charge is 0.273 e. The van der Waals surface area contributed by atoms with Crippen LogP contribution in [0.4, 0.5) is 22.7 Å². The molecule has 160 valence electrons. The molecule has 3 aromatic rings. The summed E-state index contributed by atoms with van der Waals surface area (Å²) in [5, 5.41) is 23.3. The Kier molecular flexibility index (Phi) is 4.53. The maximum Gasteiger partial charge on any atom is 0.273 e. The molecule has 0 aliphatic carbocycles. The highest BCUT2D eigenvalue weighted by Gasteiger charge is 2.29. The summed E-state index contributed by atoms with van der Waals surface area (Å²) in [6, 6.07) is 5.48. The Morgan fingerprint density at radius 2 is 1.12 bits per heavy atom. The molecule has 0 saturated carbocycles. The van der Waals surface area contributed by atoms with Crippen LogP contribution in [0.25, 0.3) is 0 Å². The third-order valence-electron chi connectivity index (χ3n) is 5.04. The lowest BCUT2D eigenvalue weighted by molar-refractivity contribution is -0.385. The minimum atomic E-state index is -0.494. The van der Waals surface area contributed by atoms with Gasteiger partial charge in [0.05, 0.1) is 30.9 Å². The lowest BCUT2D eigenvalue weighted by atomic mass is 10.1. The summed E-state index contributed by atoms with van der Waals surface area (Å²) < 4.78 is 12.9. The molecule has 0 unspecified atom stereocenters. The molecule has 3 aromatic carbocycles. The zero-order chi connectivity index (χ0) is 22.9. The first kappa shape index (κ1) is 20.5. The van der Waals surface area contributed by atoms with Crippen LogP contribution in [-0.4, -0.2) is 9.85 Å². The van der Waals surface area contributed by atoms with Crippen molar-refractivity contribution in [1.29, 1.82) is 0 Å². The van der Waals surface area contributed by atoms with Crippen LogP contribution in [0.1, 0.15) is 11.1 Å². The van der Waals surface area contributed by atoms with Crippen molar-refractivity contribution in [3.63, 3.8) is 0 Å². The molecule has 2 aliphatic heterocycles. The monoisotopic (exact) mass is 560 g/mol. The van der Waals surface area contributed by atoms with Crippen molar-refractivity contribution in [3.8, 4) is 23.0 Å². The Labute approximate surface area is 195 Å². The summed E-state index contributed by atoms with van der Waals surface area (Å²) >= 11 is 6.99. The SMILES string of the molecule is Cc1cc([N+](=O)[O-])cc2c1N=c1c(Br)c3c(c(Br)c1O2)=Nc1c(C)cc([N+](=O)[O-])cc1O3. The Morgan fingerprint density at radius 3 is 1.47 bits per heavy atom. The Hall–Kier alpha value is -3.38. The number of fused-ring (bicyclic) bond motifs is 4. The average molecular weight is 562 g/mol. The number of hydrogen-bond acceptors (Lipinski definition) is 8. The average Bonchev–Trinajstić information content (AvgIpc) is 2.75. The third-order valence-corrected chi connectivity index (χ3v) is 6.51. The van der Waals surface area contributed by atoms with Crippen molar-refractivity contribution in [1.82, 2.24) is 0 Å². The lowest BCUT2D eigenvalue weighted by Gasteiger charge is -2.22. The number of benzene rings is 3. The molecule has 0 fully saturated rings. The number of hydrogen-bond donors (Lipinski definition) is 0. The normalized spacial score (nSPS) is 12.6. The number of halogens is 2. The largest absolute Gasteiger partial charge is 0.451 e. The van der Waals surface area contributed by atoms with E-state index in [0.29, 0.717) is 53.7 Å². The summed E-state index contributed by atoms with van der Waals surface area (Å²) in [7, 11) is 0. The molecule has 0 bridgehead atoms. The van der Waals surface area contributed by atoms with Crippen LogP contribution in [0.5, 0.6) is 23.0 Å². The van der Waals surface area contributed by atoms with Gasteiger partial charge < -0.3 is 9.47 Å². The van der Waals surface area contributed by atoms with Crippen LogP contribution < -0.4 is 20.2 Å². The first-order chi connectivity index (χ1) is 15.2. The molecule has 0 atom stereocenters. The van der Waals surface area contributed by atoms with E-state index in [1.807, 2.05) is 0 Å². The summed E-state index contributed by atoms with van der Waals surface area (Å²) in [5.74, 6) is 1.14. The van der Waals surface area contributed by atoms with Gasteiger partial charge in [0.25, 0.3) is 11.4 Å². The van der Waals surface area contributed by atoms with E-state index in [0.717, 1.165) is 0 Å². The van der Waals surface area contributed by atoms with Crippen LogP contribution >= 0.6 is 31.9 Å². The van der Waals surface area contributed by atoms with Gasteiger partial charge in [0.2, 0.25) is 0 Å². The van der Waals surface area contributed by atoms with Crippen molar-refractivity contribution in [2.24, 2.45) is 9.98 Å². The molecule has 32 heavy (non-hydrogen) atoms. The number of nitrogens with zero attached hydrogens (tertiary/aromatic N) is 4. The summed E-state index contributed by atoms with van der Waals surface area (Å²) in [6.45, 7) is 3.41. The number of non-ortho nitro benzene ring substituents is 2. The topological polar surface area (TPSA) is 129 Å². The fraction of sp³-hybridized carbons (Fsp3) is 0.100. The molecule has 12 heteroatoms. The Morgan fingerprint density at radius 1 is 0.750 bits per heavy atom. The van der Waals surface area contributed by atoms with E-state index in [-0.39, 0.29) is 22.9 Å². The van der Waals surface area contributed by atoms with E-state index in [2.05, 4.69) is 41.8 Å². The van der Waals surface area contributed by atoms with Crippen LogP contribution in [0.15, 0.2) is 43.2 Å². The predicted molar refractivity (Wildman–Crippen MR) is 119 cm³/mol. The van der Waals surface area contributed by atoms with Gasteiger partial charge in [0.1, 0.15) is 22.1 Å².